The van der Waals surface area contributed by atoms with Gasteiger partial charge in [-0.3, -0.25) is 9.59 Å². The monoisotopic (exact) mass is 245 g/mol. The number of unbranched alkanes of at least 4 members (excludes halogenated alkanes) is 2. The molecule has 1 atom stereocenters. The summed E-state index contributed by atoms with van der Waals surface area (Å²) >= 11 is 0. The summed E-state index contributed by atoms with van der Waals surface area (Å²) in [6, 6.07) is -1.24. The van der Waals surface area contributed by atoms with Gasteiger partial charge in [0, 0.05) is 6.42 Å². The molecule has 0 fully saturated rings. The van der Waals surface area contributed by atoms with Crippen molar-refractivity contribution in [2.45, 2.75) is 38.1 Å². The number of carbonyl (C=O) groups excluding carboxylic acids is 2. The molecule has 0 aromatic carbocycles. The molecular formula is C10H19N3O4. The molecule has 0 saturated heterocycles. The Hall–Kier alpha value is -1.63. The number of aliphatic carboxylic acids is 1. The van der Waals surface area contributed by atoms with Crippen LogP contribution in [-0.4, -0.2) is 35.5 Å². The Labute approximate surface area is 99.5 Å². The SMILES string of the molecule is NCCCCCC(=O)N[C@H](CC(N)=O)C(=O)O. The maximum absolute atomic E-state index is 11.3. The van der Waals surface area contributed by atoms with Crippen molar-refractivity contribution in [2.24, 2.45) is 11.5 Å². The van der Waals surface area contributed by atoms with Crippen LogP contribution in [0.25, 0.3) is 0 Å². The third kappa shape index (κ3) is 8.21. The number of hydrogen-bond donors (Lipinski definition) is 4. The molecule has 17 heavy (non-hydrogen) atoms. The van der Waals surface area contributed by atoms with Crippen molar-refractivity contribution in [1.82, 2.24) is 5.32 Å². The predicted molar refractivity (Wildman–Crippen MR) is 60.9 cm³/mol. The normalized spacial score (nSPS) is 11.8. The number of rotatable bonds is 9. The summed E-state index contributed by atoms with van der Waals surface area (Å²) in [7, 11) is 0. The van der Waals surface area contributed by atoms with E-state index in [-0.39, 0.29) is 6.42 Å². The zero-order valence-corrected chi connectivity index (χ0v) is 9.65. The minimum atomic E-state index is -1.26. The van der Waals surface area contributed by atoms with Crippen molar-refractivity contribution in [3.05, 3.63) is 0 Å². The minimum absolute atomic E-state index is 0.225. The Bertz CT molecular complexity index is 281. The molecule has 0 aliphatic heterocycles. The lowest BCUT2D eigenvalue weighted by Gasteiger charge is -2.12. The smallest absolute Gasteiger partial charge is 0.326 e. The Morgan fingerprint density at radius 3 is 2.29 bits per heavy atom. The van der Waals surface area contributed by atoms with Crippen LogP contribution in [0.1, 0.15) is 32.1 Å². The van der Waals surface area contributed by atoms with Gasteiger partial charge >= 0.3 is 5.97 Å². The highest BCUT2D eigenvalue weighted by Crippen LogP contribution is 2.00. The van der Waals surface area contributed by atoms with E-state index in [2.05, 4.69) is 5.32 Å². The fraction of sp³-hybridized carbons (Fsp3) is 0.700. The summed E-state index contributed by atoms with van der Waals surface area (Å²) in [6.45, 7) is 0.570. The summed E-state index contributed by atoms with van der Waals surface area (Å²) in [5.74, 6) is -2.42. The van der Waals surface area contributed by atoms with E-state index in [0.717, 1.165) is 12.8 Å². The molecule has 0 aliphatic carbocycles. The lowest BCUT2D eigenvalue weighted by atomic mass is 10.1. The van der Waals surface area contributed by atoms with Crippen LogP contribution in [0.3, 0.4) is 0 Å². The molecule has 0 aromatic rings. The van der Waals surface area contributed by atoms with Crippen LogP contribution in [-0.2, 0) is 14.4 Å². The molecule has 0 saturated carbocycles. The molecule has 98 valence electrons. The van der Waals surface area contributed by atoms with Gasteiger partial charge in [-0.15, -0.1) is 0 Å². The summed E-state index contributed by atoms with van der Waals surface area (Å²) in [5, 5.41) is 11.0. The van der Waals surface area contributed by atoms with Gasteiger partial charge in [0.25, 0.3) is 0 Å². The van der Waals surface area contributed by atoms with Crippen LogP contribution in [0, 0.1) is 0 Å². The first-order valence-corrected chi connectivity index (χ1v) is 5.48. The van der Waals surface area contributed by atoms with Crippen LogP contribution < -0.4 is 16.8 Å². The number of carbonyl (C=O) groups is 3. The second-order valence-electron chi connectivity index (χ2n) is 3.73. The van der Waals surface area contributed by atoms with Crippen molar-refractivity contribution in [1.29, 1.82) is 0 Å². The van der Waals surface area contributed by atoms with Crippen molar-refractivity contribution in [3.8, 4) is 0 Å². The molecule has 7 heteroatoms. The first-order chi connectivity index (χ1) is 7.97. The van der Waals surface area contributed by atoms with Gasteiger partial charge in [0.05, 0.1) is 6.42 Å². The van der Waals surface area contributed by atoms with E-state index in [0.29, 0.717) is 13.0 Å². The molecule has 0 unspecified atom stereocenters. The predicted octanol–water partition coefficient (Wildman–Crippen LogP) is -1.05. The van der Waals surface area contributed by atoms with E-state index in [1.807, 2.05) is 0 Å². The molecule has 0 aromatic heterocycles. The van der Waals surface area contributed by atoms with Crippen LogP contribution in [0.15, 0.2) is 0 Å². The van der Waals surface area contributed by atoms with E-state index in [1.54, 1.807) is 0 Å². The summed E-state index contributed by atoms with van der Waals surface area (Å²) < 4.78 is 0. The van der Waals surface area contributed by atoms with Gasteiger partial charge in [-0.2, -0.15) is 0 Å². The minimum Gasteiger partial charge on any atom is -0.480 e. The van der Waals surface area contributed by atoms with Gasteiger partial charge in [0.15, 0.2) is 0 Å². The number of nitrogens with one attached hydrogen (secondary N) is 1. The fourth-order valence-corrected chi connectivity index (χ4v) is 1.27. The second kappa shape index (κ2) is 8.51. The van der Waals surface area contributed by atoms with Crippen LogP contribution >= 0.6 is 0 Å². The summed E-state index contributed by atoms with van der Waals surface area (Å²) in [6.07, 6.45) is 2.12. The lowest BCUT2D eigenvalue weighted by molar-refractivity contribution is -0.143. The maximum atomic E-state index is 11.3. The number of carboxylic acids is 1. The van der Waals surface area contributed by atoms with E-state index in [1.165, 1.54) is 0 Å². The summed E-state index contributed by atoms with van der Waals surface area (Å²) in [5.41, 5.74) is 10.2. The number of amides is 2. The Kier molecular flexibility index (Phi) is 7.70. The van der Waals surface area contributed by atoms with E-state index in [9.17, 15) is 14.4 Å². The van der Waals surface area contributed by atoms with Crippen LogP contribution in [0.4, 0.5) is 0 Å². The molecule has 0 rings (SSSR count). The quantitative estimate of drug-likeness (QED) is 0.384. The molecular weight excluding hydrogens is 226 g/mol. The maximum Gasteiger partial charge on any atom is 0.326 e. The zero-order chi connectivity index (χ0) is 13.3. The summed E-state index contributed by atoms with van der Waals surface area (Å²) in [4.78, 5) is 32.6. The molecule has 0 spiro atoms. The van der Waals surface area contributed by atoms with Gasteiger partial charge < -0.3 is 21.9 Å². The lowest BCUT2D eigenvalue weighted by Crippen LogP contribution is -2.43. The highest BCUT2D eigenvalue weighted by atomic mass is 16.4. The van der Waals surface area contributed by atoms with Gasteiger partial charge in [0.2, 0.25) is 11.8 Å². The van der Waals surface area contributed by atoms with Crippen LogP contribution in [0.2, 0.25) is 0 Å². The number of hydrogen-bond acceptors (Lipinski definition) is 4. The highest BCUT2D eigenvalue weighted by molar-refractivity contribution is 5.88. The molecule has 0 bridgehead atoms. The Balaban J connectivity index is 3.96. The van der Waals surface area contributed by atoms with Crippen molar-refractivity contribution in [2.75, 3.05) is 6.54 Å². The van der Waals surface area contributed by atoms with Gasteiger partial charge in [0.1, 0.15) is 6.04 Å². The van der Waals surface area contributed by atoms with Gasteiger partial charge in [-0.05, 0) is 19.4 Å². The zero-order valence-electron chi connectivity index (χ0n) is 9.65. The Morgan fingerprint density at radius 1 is 1.18 bits per heavy atom. The molecule has 2 amide bonds. The topological polar surface area (TPSA) is 136 Å². The average Bonchev–Trinajstić information content (AvgIpc) is 2.22. The largest absolute Gasteiger partial charge is 0.480 e. The molecule has 7 nitrogen and oxygen atoms in total. The number of primary amides is 1. The van der Waals surface area contributed by atoms with E-state index >= 15 is 0 Å². The standard InChI is InChI=1S/C10H19N3O4/c11-5-3-1-2-4-9(15)13-7(10(16)17)6-8(12)14/h7H,1-6,11H2,(H2,12,14)(H,13,15)(H,16,17)/t7-/m1/s1. The first kappa shape index (κ1) is 15.4. The first-order valence-electron chi connectivity index (χ1n) is 5.48. The molecule has 0 heterocycles. The van der Waals surface area contributed by atoms with E-state index < -0.39 is 30.2 Å². The van der Waals surface area contributed by atoms with Gasteiger partial charge in [-0.1, -0.05) is 6.42 Å². The van der Waals surface area contributed by atoms with Crippen LogP contribution in [0.5, 0.6) is 0 Å². The van der Waals surface area contributed by atoms with Crippen molar-refractivity contribution in [3.63, 3.8) is 0 Å². The van der Waals surface area contributed by atoms with Gasteiger partial charge in [-0.25, -0.2) is 4.79 Å². The number of nitrogens with two attached hydrogens (primary N) is 2. The highest BCUT2D eigenvalue weighted by Gasteiger charge is 2.21. The fourth-order valence-electron chi connectivity index (χ4n) is 1.27. The Morgan fingerprint density at radius 2 is 1.82 bits per heavy atom. The average molecular weight is 245 g/mol. The second-order valence-corrected chi connectivity index (χ2v) is 3.73. The number of carboxylic acid groups (broad SMARTS) is 1. The molecule has 6 N–H and O–H groups in total. The molecule has 0 radical (unpaired) electrons. The molecule has 0 aliphatic rings. The van der Waals surface area contributed by atoms with Crippen molar-refractivity contribution >= 4 is 17.8 Å². The third-order valence-corrected chi connectivity index (χ3v) is 2.15. The van der Waals surface area contributed by atoms with Crippen molar-refractivity contribution < 1.29 is 19.5 Å². The van der Waals surface area contributed by atoms with E-state index in [4.69, 9.17) is 16.6 Å². The third-order valence-electron chi connectivity index (χ3n) is 2.15.